The molecule has 0 amide bonds. The quantitative estimate of drug-likeness (QED) is 0.0271. The van der Waals surface area contributed by atoms with Gasteiger partial charge in [0.15, 0.2) is 0 Å². The van der Waals surface area contributed by atoms with Crippen LogP contribution < -0.4 is 5.73 Å². The van der Waals surface area contributed by atoms with Gasteiger partial charge in [0, 0.05) is 19.6 Å². The second-order valence-corrected chi connectivity index (χ2v) is 16.7. The maximum Gasteiger partial charge on any atom is 0.472 e. The molecule has 3 N–H and O–H groups in total. The van der Waals surface area contributed by atoms with E-state index < -0.39 is 13.9 Å². The number of phosphoric ester groups is 1. The maximum absolute atomic E-state index is 12.6. The van der Waals surface area contributed by atoms with Gasteiger partial charge in [0.1, 0.15) is 6.10 Å². The number of esters is 1. The summed E-state index contributed by atoms with van der Waals surface area (Å²) in [6.45, 7) is 4.90. The van der Waals surface area contributed by atoms with Gasteiger partial charge in [-0.3, -0.25) is 13.8 Å². The number of hydrogen-bond donors (Lipinski definition) is 2. The van der Waals surface area contributed by atoms with Gasteiger partial charge in [0.05, 0.1) is 19.8 Å². The van der Waals surface area contributed by atoms with Crippen molar-refractivity contribution in [2.45, 2.75) is 219 Å². The van der Waals surface area contributed by atoms with Gasteiger partial charge in [-0.05, 0) is 70.6 Å². The first kappa shape index (κ1) is 53.7. The predicted molar refractivity (Wildman–Crippen MR) is 233 cm³/mol. The van der Waals surface area contributed by atoms with E-state index >= 15 is 0 Å². The lowest BCUT2D eigenvalue weighted by atomic mass is 10.1. The number of nitrogens with two attached hydrogens (primary N) is 1. The fraction of sp³-hybridized carbons (Fsp3) is 0.848. The molecule has 0 rings (SSSR count). The Morgan fingerprint density at radius 2 is 0.964 bits per heavy atom. The van der Waals surface area contributed by atoms with E-state index in [-0.39, 0.29) is 32.3 Å². The third-order valence-electron chi connectivity index (χ3n) is 9.78. The molecule has 0 aliphatic carbocycles. The molecule has 2 atom stereocenters. The third-order valence-corrected chi connectivity index (χ3v) is 10.8. The Balaban J connectivity index is 3.97. The normalized spacial score (nSPS) is 13.7. The summed E-state index contributed by atoms with van der Waals surface area (Å²) in [4.78, 5) is 22.5. The minimum atomic E-state index is -4.28. The fourth-order valence-electron chi connectivity index (χ4n) is 6.37. The van der Waals surface area contributed by atoms with Crippen LogP contribution in [0.4, 0.5) is 0 Å². The molecule has 0 aromatic rings. The summed E-state index contributed by atoms with van der Waals surface area (Å²) in [6, 6.07) is 0. The molecule has 324 valence electrons. The van der Waals surface area contributed by atoms with E-state index in [1.807, 2.05) is 0 Å². The summed E-state index contributed by atoms with van der Waals surface area (Å²) < 4.78 is 33.5. The molecule has 8 nitrogen and oxygen atoms in total. The van der Waals surface area contributed by atoms with Crippen LogP contribution in [-0.2, 0) is 27.9 Å². The molecule has 55 heavy (non-hydrogen) atoms. The van der Waals surface area contributed by atoms with Gasteiger partial charge in [-0.15, -0.1) is 0 Å². The minimum absolute atomic E-state index is 0.0974. The number of rotatable bonds is 44. The lowest BCUT2D eigenvalue weighted by Crippen LogP contribution is -2.28. The lowest BCUT2D eigenvalue weighted by molar-refractivity contribution is -0.154. The monoisotopic (exact) mass is 798 g/mol. The van der Waals surface area contributed by atoms with Crippen LogP contribution in [0.15, 0.2) is 36.5 Å². The van der Waals surface area contributed by atoms with Gasteiger partial charge in [0.25, 0.3) is 0 Å². The fourth-order valence-corrected chi connectivity index (χ4v) is 7.14. The zero-order valence-corrected chi connectivity index (χ0v) is 36.8. The van der Waals surface area contributed by atoms with Crippen molar-refractivity contribution < 1.29 is 32.8 Å². The highest BCUT2D eigenvalue weighted by Crippen LogP contribution is 2.43. The number of ether oxygens (including phenoxy) is 2. The molecule has 2 unspecified atom stereocenters. The SMILES string of the molecule is CCCCCCC/C=C\C/C=C\CCCCCCCCCCCCOCC(COP(=O)(O)OCCN)OC(=O)CCCCCCC/C=C\CCCCCCC. The van der Waals surface area contributed by atoms with E-state index in [0.717, 1.165) is 51.4 Å². The van der Waals surface area contributed by atoms with Gasteiger partial charge >= 0.3 is 13.8 Å². The van der Waals surface area contributed by atoms with Crippen molar-refractivity contribution in [1.82, 2.24) is 0 Å². The average molecular weight is 798 g/mol. The van der Waals surface area contributed by atoms with E-state index in [4.69, 9.17) is 24.3 Å². The van der Waals surface area contributed by atoms with Crippen LogP contribution >= 0.6 is 7.82 Å². The second-order valence-electron chi connectivity index (χ2n) is 15.3. The Kier molecular flexibility index (Phi) is 42.8. The summed E-state index contributed by atoms with van der Waals surface area (Å²) in [5, 5.41) is 0. The molecule has 0 aromatic heterocycles. The minimum Gasteiger partial charge on any atom is -0.457 e. The summed E-state index contributed by atoms with van der Waals surface area (Å²) in [6.07, 6.45) is 50.2. The Bertz CT molecular complexity index is 941. The van der Waals surface area contributed by atoms with E-state index in [1.54, 1.807) is 0 Å². The number of allylic oxidation sites excluding steroid dienone is 6. The maximum atomic E-state index is 12.6. The molecule has 0 radical (unpaired) electrons. The molecule has 0 saturated heterocycles. The molecule has 0 saturated carbocycles. The highest BCUT2D eigenvalue weighted by Gasteiger charge is 2.25. The summed E-state index contributed by atoms with van der Waals surface area (Å²) in [7, 11) is -4.28. The Morgan fingerprint density at radius 3 is 1.44 bits per heavy atom. The first-order valence-electron chi connectivity index (χ1n) is 23.0. The van der Waals surface area contributed by atoms with Crippen molar-refractivity contribution in [3.63, 3.8) is 0 Å². The molecule has 0 aliphatic rings. The van der Waals surface area contributed by atoms with Crippen LogP contribution in [0.5, 0.6) is 0 Å². The van der Waals surface area contributed by atoms with E-state index in [2.05, 4.69) is 50.3 Å². The van der Waals surface area contributed by atoms with Gasteiger partial charge in [-0.1, -0.05) is 172 Å². The summed E-state index contributed by atoms with van der Waals surface area (Å²) in [5.74, 6) is -0.339. The largest absolute Gasteiger partial charge is 0.472 e. The van der Waals surface area contributed by atoms with E-state index in [0.29, 0.717) is 13.0 Å². The van der Waals surface area contributed by atoms with Crippen LogP contribution in [0.1, 0.15) is 213 Å². The number of unbranched alkanes of at least 4 members (excludes halogenated alkanes) is 25. The van der Waals surface area contributed by atoms with E-state index in [1.165, 1.54) is 141 Å². The molecular weight excluding hydrogens is 709 g/mol. The summed E-state index contributed by atoms with van der Waals surface area (Å²) in [5.41, 5.74) is 5.37. The average Bonchev–Trinajstić information content (AvgIpc) is 3.17. The van der Waals surface area contributed by atoms with E-state index in [9.17, 15) is 14.3 Å². The number of carbonyl (C=O) groups is 1. The second kappa shape index (κ2) is 43.8. The Labute approximate surface area is 339 Å². The van der Waals surface area contributed by atoms with Crippen molar-refractivity contribution in [2.24, 2.45) is 5.73 Å². The Hall–Kier alpha value is -1.28. The van der Waals surface area contributed by atoms with Crippen LogP contribution in [0.3, 0.4) is 0 Å². The molecule has 0 aliphatic heterocycles. The zero-order valence-electron chi connectivity index (χ0n) is 35.9. The number of phosphoric acid groups is 1. The van der Waals surface area contributed by atoms with Crippen LogP contribution in [-0.4, -0.2) is 49.9 Å². The van der Waals surface area contributed by atoms with Crippen molar-refractivity contribution in [1.29, 1.82) is 0 Å². The Morgan fingerprint density at radius 1 is 0.545 bits per heavy atom. The smallest absolute Gasteiger partial charge is 0.457 e. The summed E-state index contributed by atoms with van der Waals surface area (Å²) >= 11 is 0. The molecule has 0 aromatic carbocycles. The van der Waals surface area contributed by atoms with Gasteiger partial charge in [0.2, 0.25) is 0 Å². The number of hydrogen-bond acceptors (Lipinski definition) is 7. The molecule has 0 heterocycles. The topological polar surface area (TPSA) is 117 Å². The molecule has 9 heteroatoms. The predicted octanol–water partition coefficient (Wildman–Crippen LogP) is 13.8. The highest BCUT2D eigenvalue weighted by atomic mass is 31.2. The van der Waals surface area contributed by atoms with Gasteiger partial charge in [-0.2, -0.15) is 0 Å². The van der Waals surface area contributed by atoms with Crippen molar-refractivity contribution >= 4 is 13.8 Å². The van der Waals surface area contributed by atoms with Crippen LogP contribution in [0.2, 0.25) is 0 Å². The van der Waals surface area contributed by atoms with Crippen molar-refractivity contribution in [3.05, 3.63) is 36.5 Å². The molecular formula is C46H88NO7P. The third kappa shape index (κ3) is 43.7. The highest BCUT2D eigenvalue weighted by molar-refractivity contribution is 7.47. The van der Waals surface area contributed by atoms with Crippen LogP contribution in [0, 0.1) is 0 Å². The van der Waals surface area contributed by atoms with Gasteiger partial charge < -0.3 is 20.1 Å². The zero-order chi connectivity index (χ0) is 40.2. The molecule has 0 bridgehead atoms. The van der Waals surface area contributed by atoms with Crippen molar-refractivity contribution in [3.8, 4) is 0 Å². The van der Waals surface area contributed by atoms with Crippen molar-refractivity contribution in [2.75, 3.05) is 33.0 Å². The number of carbonyl (C=O) groups excluding carboxylic acids is 1. The lowest BCUT2D eigenvalue weighted by Gasteiger charge is -2.20. The standard InChI is InChI=1S/C46H88NO7P/c1-3-5-7-9-11-13-15-17-19-20-21-22-23-24-25-26-28-30-32-34-36-38-41-51-43-45(44-53-55(49,50)52-42-40-47)54-46(48)39-37-35-33-31-29-27-18-16-14-12-10-8-6-4-2/h15-18,20-21,45H,3-14,19,22-44,47H2,1-2H3,(H,49,50)/b17-15-,18-16-,21-20-. The van der Waals surface area contributed by atoms with Crippen LogP contribution in [0.25, 0.3) is 0 Å². The van der Waals surface area contributed by atoms with Gasteiger partial charge in [-0.25, -0.2) is 4.57 Å². The first-order valence-corrected chi connectivity index (χ1v) is 24.5. The first-order chi connectivity index (χ1) is 26.9. The molecule has 0 fully saturated rings. The molecule has 0 spiro atoms.